The van der Waals surface area contributed by atoms with E-state index in [1.165, 1.54) is 11.1 Å². The van der Waals surface area contributed by atoms with E-state index in [-0.39, 0.29) is 11.9 Å². The van der Waals surface area contributed by atoms with Crippen molar-refractivity contribution in [1.82, 2.24) is 4.98 Å². The number of carbonyl (C=O) groups excluding carboxylic acids is 2. The maximum Gasteiger partial charge on any atom is 0.338 e. The van der Waals surface area contributed by atoms with Gasteiger partial charge in [0.2, 0.25) is 0 Å². The Kier molecular flexibility index (Phi) is 6.58. The first-order valence-electron chi connectivity index (χ1n) is 9.40. The van der Waals surface area contributed by atoms with Gasteiger partial charge in [-0.05, 0) is 61.4 Å². The molecule has 0 aliphatic heterocycles. The Morgan fingerprint density at radius 1 is 1.00 bits per heavy atom. The molecule has 0 spiro atoms. The van der Waals surface area contributed by atoms with E-state index in [0.717, 1.165) is 0 Å². The number of amides is 1. The first-order chi connectivity index (χ1) is 14.1. The smallest absolute Gasteiger partial charge is 0.338 e. The molecular weight excluding hydrogens is 366 g/mol. The van der Waals surface area contributed by atoms with E-state index in [4.69, 9.17) is 4.74 Å². The van der Waals surface area contributed by atoms with Gasteiger partial charge in [-0.25, -0.2) is 9.78 Å². The summed E-state index contributed by atoms with van der Waals surface area (Å²) in [6.07, 6.45) is 1.60. The Hall–Kier alpha value is -3.67. The van der Waals surface area contributed by atoms with Crippen molar-refractivity contribution in [1.29, 1.82) is 0 Å². The fourth-order valence-corrected chi connectivity index (χ4v) is 2.77. The van der Waals surface area contributed by atoms with Gasteiger partial charge in [0.25, 0.3) is 5.91 Å². The van der Waals surface area contributed by atoms with Crippen molar-refractivity contribution < 1.29 is 14.3 Å². The number of benzene rings is 2. The Bertz CT molecular complexity index is 1000. The molecule has 6 heteroatoms. The van der Waals surface area contributed by atoms with Crippen molar-refractivity contribution in [3.8, 4) is 0 Å². The number of nitrogens with one attached hydrogen (secondary N) is 2. The normalized spacial score (nSPS) is 10.3. The first-order valence-corrected chi connectivity index (χ1v) is 9.40. The molecule has 2 N–H and O–H groups in total. The number of ether oxygens (including phenoxy) is 1. The van der Waals surface area contributed by atoms with Crippen LogP contribution in [0.25, 0.3) is 0 Å². The van der Waals surface area contributed by atoms with Gasteiger partial charge < -0.3 is 15.4 Å². The predicted molar refractivity (Wildman–Crippen MR) is 113 cm³/mol. The summed E-state index contributed by atoms with van der Waals surface area (Å²) >= 11 is 0. The van der Waals surface area contributed by atoms with E-state index in [1.807, 2.05) is 12.1 Å². The van der Waals surface area contributed by atoms with Crippen LogP contribution in [-0.4, -0.2) is 23.5 Å². The molecule has 1 aromatic heterocycles. The molecular formula is C23H23N3O3. The SMILES string of the molecule is CCOC(=O)c1ccc(NC(=O)c2ccnc(NCc3ccccc3C)c2)cc1. The Morgan fingerprint density at radius 3 is 2.48 bits per heavy atom. The fourth-order valence-electron chi connectivity index (χ4n) is 2.77. The molecule has 0 aliphatic rings. The van der Waals surface area contributed by atoms with Crippen LogP contribution in [0.3, 0.4) is 0 Å². The van der Waals surface area contributed by atoms with Crippen LogP contribution in [0.2, 0.25) is 0 Å². The molecule has 0 saturated heterocycles. The zero-order chi connectivity index (χ0) is 20.6. The van der Waals surface area contributed by atoms with E-state index < -0.39 is 0 Å². The van der Waals surface area contributed by atoms with Crippen molar-refractivity contribution in [3.05, 3.63) is 89.1 Å². The quantitative estimate of drug-likeness (QED) is 0.584. The van der Waals surface area contributed by atoms with E-state index in [1.54, 1.807) is 49.5 Å². The predicted octanol–water partition coefficient (Wildman–Crippen LogP) is 4.43. The van der Waals surface area contributed by atoms with Crippen molar-refractivity contribution in [2.45, 2.75) is 20.4 Å². The minimum Gasteiger partial charge on any atom is -0.462 e. The van der Waals surface area contributed by atoms with Crippen LogP contribution in [0.15, 0.2) is 66.9 Å². The van der Waals surface area contributed by atoms with Crippen LogP contribution in [0, 0.1) is 6.92 Å². The molecule has 3 rings (SSSR count). The molecule has 0 atom stereocenters. The van der Waals surface area contributed by atoms with E-state index in [0.29, 0.717) is 35.8 Å². The third-order valence-electron chi connectivity index (χ3n) is 4.40. The number of aryl methyl sites for hydroxylation is 1. The highest BCUT2D eigenvalue weighted by Gasteiger charge is 2.10. The average Bonchev–Trinajstić information content (AvgIpc) is 2.74. The van der Waals surface area contributed by atoms with Gasteiger partial charge >= 0.3 is 5.97 Å². The zero-order valence-corrected chi connectivity index (χ0v) is 16.4. The highest BCUT2D eigenvalue weighted by atomic mass is 16.5. The second kappa shape index (κ2) is 9.50. The summed E-state index contributed by atoms with van der Waals surface area (Å²) in [6, 6.07) is 18.0. The maximum atomic E-state index is 12.6. The van der Waals surface area contributed by atoms with Crippen molar-refractivity contribution >= 4 is 23.4 Å². The van der Waals surface area contributed by atoms with Crippen LogP contribution in [-0.2, 0) is 11.3 Å². The standard InChI is InChI=1S/C23H23N3O3/c1-3-29-23(28)17-8-10-20(11-9-17)26-22(27)18-12-13-24-21(14-18)25-15-19-7-5-4-6-16(19)2/h4-14H,3,15H2,1-2H3,(H,24,25)(H,26,27). The zero-order valence-electron chi connectivity index (χ0n) is 16.4. The number of nitrogens with zero attached hydrogens (tertiary/aromatic N) is 1. The van der Waals surface area contributed by atoms with Gasteiger partial charge in [-0.2, -0.15) is 0 Å². The summed E-state index contributed by atoms with van der Waals surface area (Å²) in [7, 11) is 0. The van der Waals surface area contributed by atoms with Crippen LogP contribution in [0.1, 0.15) is 38.8 Å². The lowest BCUT2D eigenvalue weighted by Gasteiger charge is -2.10. The van der Waals surface area contributed by atoms with Gasteiger partial charge in [0.1, 0.15) is 5.82 Å². The minimum atomic E-state index is -0.385. The van der Waals surface area contributed by atoms with Crippen LogP contribution < -0.4 is 10.6 Å². The van der Waals surface area contributed by atoms with Crippen LogP contribution in [0.4, 0.5) is 11.5 Å². The molecule has 0 bridgehead atoms. The fraction of sp³-hybridized carbons (Fsp3) is 0.174. The Labute approximate surface area is 169 Å². The molecule has 0 aliphatic carbocycles. The number of hydrogen-bond donors (Lipinski definition) is 2. The van der Waals surface area contributed by atoms with E-state index >= 15 is 0 Å². The van der Waals surface area contributed by atoms with E-state index in [2.05, 4.69) is 34.7 Å². The van der Waals surface area contributed by atoms with Gasteiger partial charge in [0.05, 0.1) is 12.2 Å². The van der Waals surface area contributed by atoms with Gasteiger partial charge in [0, 0.05) is 24.0 Å². The average molecular weight is 389 g/mol. The topological polar surface area (TPSA) is 80.3 Å². The molecule has 0 radical (unpaired) electrons. The highest BCUT2D eigenvalue weighted by Crippen LogP contribution is 2.15. The van der Waals surface area contributed by atoms with Crippen molar-refractivity contribution in [2.75, 3.05) is 17.2 Å². The lowest BCUT2D eigenvalue weighted by atomic mass is 10.1. The van der Waals surface area contributed by atoms with Crippen molar-refractivity contribution in [3.63, 3.8) is 0 Å². The number of carbonyl (C=O) groups is 2. The highest BCUT2D eigenvalue weighted by molar-refractivity contribution is 6.04. The molecule has 148 valence electrons. The second-order valence-corrected chi connectivity index (χ2v) is 6.46. The summed E-state index contributed by atoms with van der Waals surface area (Å²) in [4.78, 5) is 28.5. The number of anilines is 2. The monoisotopic (exact) mass is 389 g/mol. The number of esters is 1. The molecule has 3 aromatic rings. The molecule has 2 aromatic carbocycles. The number of pyridine rings is 1. The molecule has 6 nitrogen and oxygen atoms in total. The molecule has 0 saturated carbocycles. The molecule has 0 fully saturated rings. The largest absolute Gasteiger partial charge is 0.462 e. The van der Waals surface area contributed by atoms with Gasteiger partial charge in [-0.3, -0.25) is 4.79 Å². The summed E-state index contributed by atoms with van der Waals surface area (Å²) in [6.45, 7) is 4.76. The number of rotatable bonds is 7. The Morgan fingerprint density at radius 2 is 1.76 bits per heavy atom. The Balaban J connectivity index is 1.63. The lowest BCUT2D eigenvalue weighted by molar-refractivity contribution is 0.0526. The summed E-state index contributed by atoms with van der Waals surface area (Å²) in [5.74, 6) is -0.0160. The van der Waals surface area contributed by atoms with Crippen molar-refractivity contribution in [2.24, 2.45) is 0 Å². The van der Waals surface area contributed by atoms with Gasteiger partial charge in [0.15, 0.2) is 0 Å². The summed E-state index contributed by atoms with van der Waals surface area (Å²) in [5, 5.41) is 6.07. The van der Waals surface area contributed by atoms with Crippen LogP contribution in [0.5, 0.6) is 0 Å². The number of hydrogen-bond acceptors (Lipinski definition) is 5. The molecule has 1 amide bonds. The molecule has 1 heterocycles. The van der Waals surface area contributed by atoms with E-state index in [9.17, 15) is 9.59 Å². The van der Waals surface area contributed by atoms with Gasteiger partial charge in [-0.1, -0.05) is 24.3 Å². The minimum absolute atomic E-state index is 0.254. The third kappa shape index (κ3) is 5.42. The summed E-state index contributed by atoms with van der Waals surface area (Å²) < 4.78 is 4.95. The lowest BCUT2D eigenvalue weighted by Crippen LogP contribution is -2.13. The number of aromatic nitrogens is 1. The summed E-state index contributed by atoms with van der Waals surface area (Å²) in [5.41, 5.74) is 3.89. The van der Waals surface area contributed by atoms with Gasteiger partial charge in [-0.15, -0.1) is 0 Å². The third-order valence-corrected chi connectivity index (χ3v) is 4.40. The molecule has 0 unspecified atom stereocenters. The maximum absolute atomic E-state index is 12.6. The molecule has 29 heavy (non-hydrogen) atoms. The second-order valence-electron chi connectivity index (χ2n) is 6.46. The van der Waals surface area contributed by atoms with Crippen LogP contribution >= 0.6 is 0 Å². The first kappa shape index (κ1) is 20.1.